The molecule has 0 rings (SSSR count). The van der Waals surface area contributed by atoms with Gasteiger partial charge in [0.2, 0.25) is 0 Å². The quantitative estimate of drug-likeness (QED) is 0.596. The van der Waals surface area contributed by atoms with E-state index in [9.17, 15) is 4.79 Å². The van der Waals surface area contributed by atoms with E-state index in [2.05, 4.69) is 6.92 Å². The van der Waals surface area contributed by atoms with E-state index in [-0.39, 0.29) is 5.12 Å². The van der Waals surface area contributed by atoms with E-state index in [0.717, 1.165) is 32.5 Å². The average molecular weight is 204 g/mol. The summed E-state index contributed by atoms with van der Waals surface area (Å²) >= 11 is 1.46. The molecule has 1 atom stereocenters. The van der Waals surface area contributed by atoms with Crippen molar-refractivity contribution in [3.8, 4) is 0 Å². The highest BCUT2D eigenvalue weighted by atomic mass is 32.2. The monoisotopic (exact) mass is 204 g/mol. The largest absolute Gasteiger partial charge is 0.382 e. The van der Waals surface area contributed by atoms with Crippen molar-refractivity contribution in [1.29, 1.82) is 0 Å². The summed E-state index contributed by atoms with van der Waals surface area (Å²) in [5, 5.41) is 0.670. The zero-order chi connectivity index (χ0) is 10.1. The Labute approximate surface area is 85.4 Å². The molecule has 0 aliphatic rings. The Kier molecular flexibility index (Phi) is 8.56. The molecule has 0 aromatic heterocycles. The lowest BCUT2D eigenvalue weighted by Crippen LogP contribution is -2.09. The van der Waals surface area contributed by atoms with Crippen LogP contribution in [0.2, 0.25) is 0 Å². The second-order valence-electron chi connectivity index (χ2n) is 3.01. The van der Waals surface area contributed by atoms with Gasteiger partial charge in [-0.1, -0.05) is 25.1 Å². The molecule has 2 nitrogen and oxygen atoms in total. The maximum Gasteiger partial charge on any atom is 0.186 e. The van der Waals surface area contributed by atoms with Gasteiger partial charge < -0.3 is 4.74 Å². The van der Waals surface area contributed by atoms with Crippen molar-refractivity contribution >= 4 is 16.9 Å². The van der Waals surface area contributed by atoms with Crippen molar-refractivity contribution in [1.82, 2.24) is 0 Å². The zero-order valence-electron chi connectivity index (χ0n) is 8.84. The lowest BCUT2D eigenvalue weighted by atomic mass is 10.2. The van der Waals surface area contributed by atoms with E-state index in [0.29, 0.717) is 5.25 Å². The van der Waals surface area contributed by atoms with Gasteiger partial charge in [-0.25, -0.2) is 0 Å². The van der Waals surface area contributed by atoms with Crippen molar-refractivity contribution in [3.05, 3.63) is 0 Å². The summed E-state index contributed by atoms with van der Waals surface area (Å²) in [6.45, 7) is 7.32. The maximum absolute atomic E-state index is 10.9. The molecule has 0 aliphatic carbocycles. The fourth-order valence-electron chi connectivity index (χ4n) is 1.18. The molecular formula is C10H20O2S. The summed E-state index contributed by atoms with van der Waals surface area (Å²) in [4.78, 5) is 10.9. The van der Waals surface area contributed by atoms with Crippen molar-refractivity contribution < 1.29 is 9.53 Å². The third-order valence-corrected chi connectivity index (χ3v) is 2.87. The molecule has 0 aliphatic heterocycles. The van der Waals surface area contributed by atoms with Crippen LogP contribution in [0.25, 0.3) is 0 Å². The zero-order valence-corrected chi connectivity index (χ0v) is 9.65. The smallest absolute Gasteiger partial charge is 0.186 e. The van der Waals surface area contributed by atoms with E-state index in [1.807, 2.05) is 6.92 Å². The number of thioether (sulfide) groups is 1. The molecule has 0 N–H and O–H groups in total. The van der Waals surface area contributed by atoms with Crippen LogP contribution in [0.4, 0.5) is 0 Å². The van der Waals surface area contributed by atoms with Crippen LogP contribution < -0.4 is 0 Å². The van der Waals surface area contributed by atoms with Crippen LogP contribution in [-0.4, -0.2) is 23.6 Å². The molecule has 0 spiro atoms. The Morgan fingerprint density at radius 1 is 1.38 bits per heavy atom. The molecule has 1 unspecified atom stereocenters. The normalized spacial score (nSPS) is 12.8. The SMILES string of the molecule is CCCC(CCOCC)SC(C)=O. The van der Waals surface area contributed by atoms with E-state index in [4.69, 9.17) is 4.74 Å². The topological polar surface area (TPSA) is 26.3 Å². The number of hydrogen-bond acceptors (Lipinski definition) is 3. The molecule has 0 heterocycles. The molecule has 0 bridgehead atoms. The first-order valence-corrected chi connectivity index (χ1v) is 5.83. The predicted molar refractivity (Wildman–Crippen MR) is 58.1 cm³/mol. The van der Waals surface area contributed by atoms with Crippen molar-refractivity contribution in [2.24, 2.45) is 0 Å². The number of carbonyl (C=O) groups excluding carboxylic acids is 1. The first-order chi connectivity index (χ1) is 6.20. The van der Waals surface area contributed by atoms with Gasteiger partial charge in [0.1, 0.15) is 0 Å². The Hall–Kier alpha value is -0.0200. The molecule has 0 aromatic carbocycles. The van der Waals surface area contributed by atoms with Crippen LogP contribution in [-0.2, 0) is 9.53 Å². The second-order valence-corrected chi connectivity index (χ2v) is 4.48. The van der Waals surface area contributed by atoms with Gasteiger partial charge in [0.05, 0.1) is 0 Å². The van der Waals surface area contributed by atoms with Crippen molar-refractivity contribution in [2.75, 3.05) is 13.2 Å². The standard InChI is InChI=1S/C10H20O2S/c1-4-6-10(13-9(3)11)7-8-12-5-2/h10H,4-8H2,1-3H3. The first-order valence-electron chi connectivity index (χ1n) is 4.95. The molecule has 0 amide bonds. The van der Waals surface area contributed by atoms with Crippen LogP contribution in [0.3, 0.4) is 0 Å². The molecule has 3 heteroatoms. The minimum Gasteiger partial charge on any atom is -0.382 e. The minimum absolute atomic E-state index is 0.218. The summed E-state index contributed by atoms with van der Waals surface area (Å²) in [5.41, 5.74) is 0. The molecule has 13 heavy (non-hydrogen) atoms. The maximum atomic E-state index is 10.9. The third kappa shape index (κ3) is 8.31. The van der Waals surface area contributed by atoms with Gasteiger partial charge in [-0.15, -0.1) is 0 Å². The fraction of sp³-hybridized carbons (Fsp3) is 0.900. The fourth-order valence-corrected chi connectivity index (χ4v) is 2.22. The predicted octanol–water partition coefficient (Wildman–Crippen LogP) is 2.86. The summed E-state index contributed by atoms with van der Waals surface area (Å²) < 4.78 is 5.27. The van der Waals surface area contributed by atoms with Gasteiger partial charge in [0.15, 0.2) is 5.12 Å². The molecule has 0 aromatic rings. The molecule has 0 fully saturated rings. The Bertz CT molecular complexity index is 137. The molecule has 0 saturated carbocycles. The van der Waals surface area contributed by atoms with Gasteiger partial charge in [-0.05, 0) is 19.8 Å². The van der Waals surface area contributed by atoms with Crippen LogP contribution in [0.15, 0.2) is 0 Å². The van der Waals surface area contributed by atoms with E-state index in [1.165, 1.54) is 11.8 Å². The number of rotatable bonds is 7. The van der Waals surface area contributed by atoms with Gasteiger partial charge in [-0.2, -0.15) is 0 Å². The molecular weight excluding hydrogens is 184 g/mol. The van der Waals surface area contributed by atoms with E-state index < -0.39 is 0 Å². The van der Waals surface area contributed by atoms with Crippen LogP contribution in [0.5, 0.6) is 0 Å². The number of ether oxygens (including phenoxy) is 1. The third-order valence-electron chi connectivity index (χ3n) is 1.73. The summed E-state index contributed by atoms with van der Waals surface area (Å²) in [5.74, 6) is 0. The van der Waals surface area contributed by atoms with Crippen LogP contribution >= 0.6 is 11.8 Å². The second kappa shape index (κ2) is 8.57. The highest BCUT2D eigenvalue weighted by Crippen LogP contribution is 2.20. The lowest BCUT2D eigenvalue weighted by molar-refractivity contribution is -0.109. The summed E-state index contributed by atoms with van der Waals surface area (Å²) in [6.07, 6.45) is 3.24. The van der Waals surface area contributed by atoms with Crippen LogP contribution in [0.1, 0.15) is 40.0 Å². The number of carbonyl (C=O) groups is 1. The van der Waals surface area contributed by atoms with E-state index >= 15 is 0 Å². The van der Waals surface area contributed by atoms with Gasteiger partial charge in [-0.3, -0.25) is 4.79 Å². The van der Waals surface area contributed by atoms with E-state index in [1.54, 1.807) is 6.92 Å². The van der Waals surface area contributed by atoms with Gasteiger partial charge in [0.25, 0.3) is 0 Å². The minimum atomic E-state index is 0.218. The van der Waals surface area contributed by atoms with Crippen molar-refractivity contribution in [3.63, 3.8) is 0 Å². The highest BCUT2D eigenvalue weighted by molar-refractivity contribution is 8.14. The first kappa shape index (κ1) is 13.0. The number of hydrogen-bond donors (Lipinski definition) is 0. The van der Waals surface area contributed by atoms with Crippen LogP contribution in [0, 0.1) is 0 Å². The van der Waals surface area contributed by atoms with Gasteiger partial charge >= 0.3 is 0 Å². The average Bonchev–Trinajstić information content (AvgIpc) is 2.04. The Balaban J connectivity index is 3.59. The molecule has 78 valence electrons. The molecule has 0 saturated heterocycles. The molecule has 0 radical (unpaired) electrons. The summed E-state index contributed by atoms with van der Waals surface area (Å²) in [7, 11) is 0. The Morgan fingerprint density at radius 3 is 2.54 bits per heavy atom. The lowest BCUT2D eigenvalue weighted by Gasteiger charge is -2.13. The van der Waals surface area contributed by atoms with Gasteiger partial charge in [0, 0.05) is 25.4 Å². The van der Waals surface area contributed by atoms with Crippen molar-refractivity contribution in [2.45, 2.75) is 45.3 Å². The highest BCUT2D eigenvalue weighted by Gasteiger charge is 2.10. The Morgan fingerprint density at radius 2 is 2.08 bits per heavy atom. The summed E-state index contributed by atoms with van der Waals surface area (Å²) in [6, 6.07) is 0.